The van der Waals surface area contributed by atoms with Crippen LogP contribution in [0.3, 0.4) is 0 Å². The van der Waals surface area contributed by atoms with Gasteiger partial charge in [-0.25, -0.2) is 0 Å². The maximum Gasteiger partial charge on any atom is 0.120 e. The number of benzene rings is 1. The summed E-state index contributed by atoms with van der Waals surface area (Å²) in [7, 11) is 0. The van der Waals surface area contributed by atoms with Crippen LogP contribution in [0.4, 0.5) is 0 Å². The predicted octanol–water partition coefficient (Wildman–Crippen LogP) is 2.81. The van der Waals surface area contributed by atoms with E-state index in [-0.39, 0.29) is 0 Å². The minimum Gasteiger partial charge on any atom is -0.494 e. The van der Waals surface area contributed by atoms with Gasteiger partial charge in [-0.3, -0.25) is 0 Å². The molecule has 0 atom stereocenters. The molecule has 1 aromatic heterocycles. The van der Waals surface area contributed by atoms with Gasteiger partial charge in [0.15, 0.2) is 0 Å². The third-order valence-electron chi connectivity index (χ3n) is 4.06. The molecule has 2 aromatic rings. The Hall–Kier alpha value is -1.52. The van der Waals surface area contributed by atoms with Crippen LogP contribution in [0, 0.1) is 0 Å². The lowest BCUT2D eigenvalue weighted by atomic mass is 10.1. The smallest absolute Gasteiger partial charge is 0.120 e. The molecule has 1 aliphatic heterocycles. The van der Waals surface area contributed by atoms with E-state index in [1.165, 1.54) is 10.9 Å². The van der Waals surface area contributed by atoms with Gasteiger partial charge in [0.05, 0.1) is 6.61 Å². The SMILES string of the molecule is CCOc1ccc2c(ccn2CCNC2CCOCC2)c1. The lowest BCUT2D eigenvalue weighted by Gasteiger charge is -2.23. The molecule has 1 saturated heterocycles. The van der Waals surface area contributed by atoms with Gasteiger partial charge >= 0.3 is 0 Å². The molecule has 0 unspecified atom stereocenters. The molecule has 0 spiro atoms. The number of fused-ring (bicyclic) bond motifs is 1. The van der Waals surface area contributed by atoms with Crippen molar-refractivity contribution in [3.05, 3.63) is 30.5 Å². The highest BCUT2D eigenvalue weighted by molar-refractivity contribution is 5.81. The van der Waals surface area contributed by atoms with Crippen LogP contribution in [-0.4, -0.2) is 37.0 Å². The monoisotopic (exact) mass is 288 g/mol. The quantitative estimate of drug-likeness (QED) is 0.888. The van der Waals surface area contributed by atoms with E-state index in [0.717, 1.165) is 44.9 Å². The summed E-state index contributed by atoms with van der Waals surface area (Å²) in [6, 6.07) is 9.08. The van der Waals surface area contributed by atoms with Crippen LogP contribution in [0.5, 0.6) is 5.75 Å². The molecule has 4 nitrogen and oxygen atoms in total. The van der Waals surface area contributed by atoms with Gasteiger partial charge in [-0.05, 0) is 44.0 Å². The number of hydrogen-bond donors (Lipinski definition) is 1. The van der Waals surface area contributed by atoms with Crippen LogP contribution in [0.15, 0.2) is 30.5 Å². The van der Waals surface area contributed by atoms with Crippen molar-refractivity contribution in [1.29, 1.82) is 0 Å². The molecular weight excluding hydrogens is 264 g/mol. The van der Waals surface area contributed by atoms with Crippen LogP contribution >= 0.6 is 0 Å². The lowest BCUT2D eigenvalue weighted by Crippen LogP contribution is -2.36. The molecule has 2 heterocycles. The second kappa shape index (κ2) is 6.96. The van der Waals surface area contributed by atoms with E-state index in [1.807, 2.05) is 13.0 Å². The third kappa shape index (κ3) is 3.57. The van der Waals surface area contributed by atoms with Crippen LogP contribution in [0.1, 0.15) is 19.8 Å². The second-order valence-electron chi connectivity index (χ2n) is 5.50. The van der Waals surface area contributed by atoms with Crippen molar-refractivity contribution in [2.24, 2.45) is 0 Å². The molecule has 4 heteroatoms. The Labute approximate surface area is 126 Å². The predicted molar refractivity (Wildman–Crippen MR) is 85.0 cm³/mol. The fraction of sp³-hybridized carbons (Fsp3) is 0.529. The van der Waals surface area contributed by atoms with Gasteiger partial charge < -0.3 is 19.4 Å². The highest BCUT2D eigenvalue weighted by Crippen LogP contribution is 2.22. The largest absolute Gasteiger partial charge is 0.494 e. The highest BCUT2D eigenvalue weighted by Gasteiger charge is 2.12. The first-order valence-electron chi connectivity index (χ1n) is 7.89. The molecule has 21 heavy (non-hydrogen) atoms. The Kier molecular flexibility index (Phi) is 4.78. The van der Waals surface area contributed by atoms with Gasteiger partial charge in [0.1, 0.15) is 5.75 Å². The van der Waals surface area contributed by atoms with Crippen LogP contribution in [0.2, 0.25) is 0 Å². The molecule has 1 fully saturated rings. The molecule has 1 aliphatic rings. The van der Waals surface area contributed by atoms with E-state index in [9.17, 15) is 0 Å². The van der Waals surface area contributed by atoms with Gasteiger partial charge in [0.25, 0.3) is 0 Å². The number of ether oxygens (including phenoxy) is 2. The minimum atomic E-state index is 0.616. The third-order valence-corrected chi connectivity index (χ3v) is 4.06. The van der Waals surface area contributed by atoms with E-state index < -0.39 is 0 Å². The summed E-state index contributed by atoms with van der Waals surface area (Å²) in [5, 5.41) is 4.87. The Morgan fingerprint density at radius 1 is 1.29 bits per heavy atom. The molecule has 1 aromatic carbocycles. The summed E-state index contributed by atoms with van der Waals surface area (Å²) in [6.45, 7) is 6.50. The van der Waals surface area contributed by atoms with Gasteiger partial charge in [-0.15, -0.1) is 0 Å². The Morgan fingerprint density at radius 2 is 2.14 bits per heavy atom. The summed E-state index contributed by atoms with van der Waals surface area (Å²) in [5.41, 5.74) is 1.27. The van der Waals surface area contributed by atoms with Crippen molar-refractivity contribution in [3.63, 3.8) is 0 Å². The van der Waals surface area contributed by atoms with Crippen molar-refractivity contribution in [1.82, 2.24) is 9.88 Å². The molecule has 0 amide bonds. The first kappa shape index (κ1) is 14.4. The number of nitrogens with zero attached hydrogens (tertiary/aromatic N) is 1. The molecular formula is C17H24N2O2. The number of hydrogen-bond acceptors (Lipinski definition) is 3. The fourth-order valence-corrected chi connectivity index (χ4v) is 2.92. The van der Waals surface area contributed by atoms with Gasteiger partial charge in [-0.1, -0.05) is 0 Å². The zero-order valence-corrected chi connectivity index (χ0v) is 12.7. The number of rotatable bonds is 6. The first-order chi connectivity index (χ1) is 10.4. The number of aromatic nitrogens is 1. The van der Waals surface area contributed by atoms with E-state index in [0.29, 0.717) is 12.6 Å². The molecule has 3 rings (SSSR count). The standard InChI is InChI=1S/C17H24N2O2/c1-2-21-16-3-4-17-14(13-16)5-9-19(17)10-8-18-15-6-11-20-12-7-15/h3-5,9,13,15,18H,2,6-8,10-12H2,1H3. The van der Waals surface area contributed by atoms with Crippen LogP contribution in [-0.2, 0) is 11.3 Å². The summed E-state index contributed by atoms with van der Waals surface area (Å²) >= 11 is 0. The first-order valence-corrected chi connectivity index (χ1v) is 7.89. The van der Waals surface area contributed by atoms with Crippen molar-refractivity contribution in [2.45, 2.75) is 32.4 Å². The Bertz CT molecular complexity index is 573. The molecule has 0 radical (unpaired) electrons. The molecule has 114 valence electrons. The molecule has 1 N–H and O–H groups in total. The summed E-state index contributed by atoms with van der Waals surface area (Å²) in [6.07, 6.45) is 4.42. The second-order valence-corrected chi connectivity index (χ2v) is 5.50. The maximum atomic E-state index is 5.55. The normalized spacial score (nSPS) is 16.4. The van der Waals surface area contributed by atoms with E-state index >= 15 is 0 Å². The minimum absolute atomic E-state index is 0.616. The topological polar surface area (TPSA) is 35.4 Å². The zero-order chi connectivity index (χ0) is 14.5. The number of nitrogens with one attached hydrogen (secondary N) is 1. The van der Waals surface area contributed by atoms with Crippen LogP contribution < -0.4 is 10.1 Å². The Balaban J connectivity index is 1.59. The molecule has 0 saturated carbocycles. The van der Waals surface area contributed by atoms with Crippen molar-refractivity contribution >= 4 is 10.9 Å². The highest BCUT2D eigenvalue weighted by atomic mass is 16.5. The lowest BCUT2D eigenvalue weighted by molar-refractivity contribution is 0.0779. The summed E-state index contributed by atoms with van der Waals surface area (Å²) in [5.74, 6) is 0.947. The molecule has 0 aliphatic carbocycles. The van der Waals surface area contributed by atoms with Gasteiger partial charge in [0.2, 0.25) is 0 Å². The van der Waals surface area contributed by atoms with E-state index in [1.54, 1.807) is 0 Å². The average Bonchev–Trinajstić information content (AvgIpc) is 2.91. The van der Waals surface area contributed by atoms with Gasteiger partial charge in [-0.2, -0.15) is 0 Å². The van der Waals surface area contributed by atoms with E-state index in [4.69, 9.17) is 9.47 Å². The fourth-order valence-electron chi connectivity index (χ4n) is 2.92. The maximum absolute atomic E-state index is 5.55. The zero-order valence-electron chi connectivity index (χ0n) is 12.7. The Morgan fingerprint density at radius 3 is 2.95 bits per heavy atom. The van der Waals surface area contributed by atoms with Crippen molar-refractivity contribution in [2.75, 3.05) is 26.4 Å². The summed E-state index contributed by atoms with van der Waals surface area (Å²) < 4.78 is 13.2. The average molecular weight is 288 g/mol. The van der Waals surface area contributed by atoms with Crippen LogP contribution in [0.25, 0.3) is 10.9 Å². The molecule has 0 bridgehead atoms. The van der Waals surface area contributed by atoms with Crippen molar-refractivity contribution in [3.8, 4) is 5.75 Å². The van der Waals surface area contributed by atoms with Crippen molar-refractivity contribution < 1.29 is 9.47 Å². The summed E-state index contributed by atoms with van der Waals surface area (Å²) in [4.78, 5) is 0. The van der Waals surface area contributed by atoms with E-state index in [2.05, 4.69) is 34.3 Å². The van der Waals surface area contributed by atoms with Gasteiger partial charge in [0, 0.05) is 49.4 Å².